The Morgan fingerprint density at radius 2 is 2.05 bits per heavy atom. The third kappa shape index (κ3) is 3.18. The molecule has 1 aliphatic rings. The van der Waals surface area contributed by atoms with E-state index in [1.807, 2.05) is 30.7 Å². The summed E-state index contributed by atoms with van der Waals surface area (Å²) in [5, 5.41) is 13.4. The minimum absolute atomic E-state index is 0.510. The maximum absolute atomic E-state index is 8.87. The average Bonchev–Trinajstić information content (AvgIpc) is 3.07. The second-order valence-electron chi connectivity index (χ2n) is 5.96. The lowest BCUT2D eigenvalue weighted by Crippen LogP contribution is -2.33. The molecule has 2 heterocycles. The highest BCUT2D eigenvalue weighted by Gasteiger charge is 2.25. The summed E-state index contributed by atoms with van der Waals surface area (Å²) in [5.74, 6) is 1.83. The van der Waals surface area contributed by atoms with Crippen molar-refractivity contribution in [1.29, 1.82) is 5.26 Å². The van der Waals surface area contributed by atoms with Crippen LogP contribution in [0.4, 0.5) is 0 Å². The zero-order valence-corrected chi connectivity index (χ0v) is 13.2. The monoisotopic (exact) mass is 295 g/mol. The molecule has 0 bridgehead atoms. The van der Waals surface area contributed by atoms with Gasteiger partial charge in [-0.3, -0.25) is 4.90 Å². The first-order valence-electron chi connectivity index (χ1n) is 7.77. The smallest absolute Gasteiger partial charge is 0.147 e. The SMILES string of the molecule is Cc1nc(C)n(C[C@@H]2CCCN2Cc2ccc(C#N)cc2)n1. The highest BCUT2D eigenvalue weighted by Crippen LogP contribution is 2.22. The lowest BCUT2D eigenvalue weighted by Gasteiger charge is -2.24. The van der Waals surface area contributed by atoms with Gasteiger partial charge in [-0.25, -0.2) is 9.67 Å². The molecule has 22 heavy (non-hydrogen) atoms. The lowest BCUT2D eigenvalue weighted by atomic mass is 10.1. The predicted molar refractivity (Wildman–Crippen MR) is 84.1 cm³/mol. The highest BCUT2D eigenvalue weighted by molar-refractivity contribution is 5.31. The van der Waals surface area contributed by atoms with Gasteiger partial charge in [0.15, 0.2) is 0 Å². The predicted octanol–water partition coefficient (Wildman–Crippen LogP) is 2.43. The molecule has 0 aliphatic carbocycles. The average molecular weight is 295 g/mol. The molecule has 2 aromatic rings. The molecule has 114 valence electrons. The molecule has 5 nitrogen and oxygen atoms in total. The Hall–Kier alpha value is -2.19. The Morgan fingerprint density at radius 1 is 1.27 bits per heavy atom. The minimum Gasteiger partial charge on any atom is -0.294 e. The van der Waals surface area contributed by atoms with Crippen molar-refractivity contribution < 1.29 is 0 Å². The molecule has 1 saturated heterocycles. The van der Waals surface area contributed by atoms with Crippen LogP contribution >= 0.6 is 0 Å². The number of rotatable bonds is 4. The van der Waals surface area contributed by atoms with Crippen LogP contribution in [0.25, 0.3) is 0 Å². The van der Waals surface area contributed by atoms with Crippen LogP contribution < -0.4 is 0 Å². The topological polar surface area (TPSA) is 57.7 Å². The molecular formula is C17H21N5. The zero-order valence-electron chi connectivity index (χ0n) is 13.2. The van der Waals surface area contributed by atoms with E-state index in [0.29, 0.717) is 6.04 Å². The summed E-state index contributed by atoms with van der Waals surface area (Å²) < 4.78 is 2.02. The van der Waals surface area contributed by atoms with E-state index in [1.165, 1.54) is 18.4 Å². The molecule has 1 aliphatic heterocycles. The van der Waals surface area contributed by atoms with E-state index < -0.39 is 0 Å². The molecule has 1 fully saturated rings. The first-order chi connectivity index (χ1) is 10.7. The molecule has 1 atom stereocenters. The second kappa shape index (κ2) is 6.29. The van der Waals surface area contributed by atoms with Gasteiger partial charge in [0.2, 0.25) is 0 Å². The Kier molecular flexibility index (Phi) is 4.21. The van der Waals surface area contributed by atoms with E-state index in [-0.39, 0.29) is 0 Å². The van der Waals surface area contributed by atoms with Gasteiger partial charge in [-0.1, -0.05) is 12.1 Å². The van der Waals surface area contributed by atoms with E-state index in [2.05, 4.69) is 33.2 Å². The van der Waals surface area contributed by atoms with Crippen molar-refractivity contribution >= 4 is 0 Å². The Balaban J connectivity index is 1.67. The second-order valence-corrected chi connectivity index (χ2v) is 5.96. The van der Waals surface area contributed by atoms with Gasteiger partial charge in [-0.15, -0.1) is 0 Å². The fraction of sp³-hybridized carbons (Fsp3) is 0.471. The van der Waals surface area contributed by atoms with Crippen LogP contribution in [-0.4, -0.2) is 32.3 Å². The van der Waals surface area contributed by atoms with Crippen molar-refractivity contribution in [2.24, 2.45) is 0 Å². The largest absolute Gasteiger partial charge is 0.294 e. The van der Waals surface area contributed by atoms with E-state index in [1.54, 1.807) is 0 Å². The van der Waals surface area contributed by atoms with Gasteiger partial charge in [0.05, 0.1) is 18.2 Å². The number of hydrogen-bond acceptors (Lipinski definition) is 4. The number of nitrogens with zero attached hydrogens (tertiary/aromatic N) is 5. The van der Waals surface area contributed by atoms with Gasteiger partial charge in [0, 0.05) is 12.6 Å². The van der Waals surface area contributed by atoms with Crippen molar-refractivity contribution in [3.05, 3.63) is 47.0 Å². The normalized spacial score (nSPS) is 18.5. The molecule has 1 aromatic carbocycles. The van der Waals surface area contributed by atoms with Crippen molar-refractivity contribution in [2.45, 2.75) is 45.8 Å². The molecule has 5 heteroatoms. The summed E-state index contributed by atoms with van der Waals surface area (Å²) in [7, 11) is 0. The molecule has 0 spiro atoms. The van der Waals surface area contributed by atoms with Crippen LogP contribution in [0, 0.1) is 25.2 Å². The minimum atomic E-state index is 0.510. The number of hydrogen-bond donors (Lipinski definition) is 0. The van der Waals surface area contributed by atoms with Crippen molar-refractivity contribution in [3.63, 3.8) is 0 Å². The number of aromatic nitrogens is 3. The maximum Gasteiger partial charge on any atom is 0.147 e. The number of aryl methyl sites for hydroxylation is 2. The highest BCUT2D eigenvalue weighted by atomic mass is 15.4. The summed E-state index contributed by atoms with van der Waals surface area (Å²) >= 11 is 0. The Morgan fingerprint density at radius 3 is 2.68 bits per heavy atom. The molecule has 0 amide bonds. The third-order valence-corrected chi connectivity index (χ3v) is 4.31. The fourth-order valence-electron chi connectivity index (χ4n) is 3.16. The molecule has 0 unspecified atom stereocenters. The van der Waals surface area contributed by atoms with Gasteiger partial charge in [-0.05, 0) is 50.9 Å². The summed E-state index contributed by atoms with van der Waals surface area (Å²) in [6.45, 7) is 6.91. The quantitative estimate of drug-likeness (QED) is 0.869. The molecular weight excluding hydrogens is 274 g/mol. The Labute approximate surface area is 131 Å². The molecule has 1 aromatic heterocycles. The van der Waals surface area contributed by atoms with Gasteiger partial charge in [-0.2, -0.15) is 10.4 Å². The standard InChI is InChI=1S/C17H21N5/c1-13-19-14(2)22(20-13)12-17-4-3-9-21(17)11-16-7-5-15(10-18)6-8-16/h5-8,17H,3-4,9,11-12H2,1-2H3/t17-/m0/s1. The first-order valence-corrected chi connectivity index (χ1v) is 7.77. The van der Waals surface area contributed by atoms with Crippen LogP contribution in [0.2, 0.25) is 0 Å². The van der Waals surface area contributed by atoms with Gasteiger partial charge in [0.25, 0.3) is 0 Å². The van der Waals surface area contributed by atoms with Crippen LogP contribution in [0.15, 0.2) is 24.3 Å². The van der Waals surface area contributed by atoms with Gasteiger partial charge in [0.1, 0.15) is 11.6 Å². The van der Waals surface area contributed by atoms with E-state index in [4.69, 9.17) is 5.26 Å². The molecule has 0 radical (unpaired) electrons. The zero-order chi connectivity index (χ0) is 15.5. The van der Waals surface area contributed by atoms with E-state index in [0.717, 1.165) is 36.8 Å². The van der Waals surface area contributed by atoms with Crippen LogP contribution in [0.1, 0.15) is 35.6 Å². The summed E-state index contributed by atoms with van der Waals surface area (Å²) in [6, 6.07) is 10.6. The van der Waals surface area contributed by atoms with Crippen LogP contribution in [-0.2, 0) is 13.1 Å². The van der Waals surface area contributed by atoms with Crippen molar-refractivity contribution in [2.75, 3.05) is 6.54 Å². The van der Waals surface area contributed by atoms with Crippen LogP contribution in [0.5, 0.6) is 0 Å². The maximum atomic E-state index is 8.87. The van der Waals surface area contributed by atoms with Gasteiger partial charge >= 0.3 is 0 Å². The van der Waals surface area contributed by atoms with E-state index in [9.17, 15) is 0 Å². The van der Waals surface area contributed by atoms with E-state index >= 15 is 0 Å². The van der Waals surface area contributed by atoms with Crippen LogP contribution in [0.3, 0.4) is 0 Å². The summed E-state index contributed by atoms with van der Waals surface area (Å²) in [5.41, 5.74) is 1.98. The number of benzene rings is 1. The molecule has 3 rings (SSSR count). The molecule has 0 saturated carbocycles. The molecule has 0 N–H and O–H groups in total. The number of likely N-dealkylation sites (tertiary alicyclic amines) is 1. The summed E-state index contributed by atoms with van der Waals surface area (Å²) in [6.07, 6.45) is 2.43. The first kappa shape index (κ1) is 14.7. The van der Waals surface area contributed by atoms with Crippen molar-refractivity contribution in [3.8, 4) is 6.07 Å². The fourth-order valence-corrected chi connectivity index (χ4v) is 3.16. The van der Waals surface area contributed by atoms with Gasteiger partial charge < -0.3 is 0 Å². The third-order valence-electron chi connectivity index (χ3n) is 4.31. The lowest BCUT2D eigenvalue weighted by molar-refractivity contribution is 0.218. The summed E-state index contributed by atoms with van der Waals surface area (Å²) in [4.78, 5) is 6.90. The number of nitriles is 1. The van der Waals surface area contributed by atoms with Crippen molar-refractivity contribution in [1.82, 2.24) is 19.7 Å². The Bertz CT molecular complexity index is 680.